The summed E-state index contributed by atoms with van der Waals surface area (Å²) >= 11 is 0. The van der Waals surface area contributed by atoms with Crippen LogP contribution in [0.1, 0.15) is 20.8 Å². The Hall–Kier alpha value is -0.810. The van der Waals surface area contributed by atoms with Gasteiger partial charge in [-0.3, -0.25) is 0 Å². The molecular weight excluding hydrogens is 220 g/mol. The van der Waals surface area contributed by atoms with Crippen LogP contribution in [0.25, 0.3) is 0 Å². The lowest BCUT2D eigenvalue weighted by Gasteiger charge is -2.27. The molecular formula is C12H22N2O3. The van der Waals surface area contributed by atoms with Gasteiger partial charge in [-0.2, -0.15) is 0 Å². The molecule has 0 bridgehead atoms. The van der Waals surface area contributed by atoms with E-state index in [0.717, 1.165) is 13.1 Å². The Balaban J connectivity index is 2.00. The first-order chi connectivity index (χ1) is 7.86. The molecule has 0 aromatic rings. The molecule has 5 nitrogen and oxygen atoms in total. The molecule has 0 aliphatic carbocycles. The maximum absolute atomic E-state index is 12.0. The average Bonchev–Trinajstić information content (AvgIpc) is 2.70. The highest BCUT2D eigenvalue weighted by Gasteiger charge is 2.51. The number of carbonyl (C=O) groups is 1. The zero-order valence-electron chi connectivity index (χ0n) is 10.8. The normalized spacial score (nSPS) is 32.7. The Morgan fingerprint density at radius 1 is 1.59 bits per heavy atom. The van der Waals surface area contributed by atoms with Crippen LogP contribution in [0.2, 0.25) is 0 Å². The minimum atomic E-state index is -0.459. The van der Waals surface area contributed by atoms with E-state index in [1.807, 2.05) is 20.8 Å². The van der Waals surface area contributed by atoms with Crippen molar-refractivity contribution in [2.45, 2.75) is 26.4 Å². The van der Waals surface area contributed by atoms with Crippen molar-refractivity contribution in [1.29, 1.82) is 0 Å². The molecule has 0 aromatic carbocycles. The van der Waals surface area contributed by atoms with Crippen molar-refractivity contribution in [3.05, 3.63) is 0 Å². The van der Waals surface area contributed by atoms with Crippen LogP contribution in [-0.2, 0) is 4.74 Å². The number of hydrogen-bond acceptors (Lipinski definition) is 4. The topological polar surface area (TPSA) is 61.8 Å². The summed E-state index contributed by atoms with van der Waals surface area (Å²) in [6.07, 6.45) is -0.264. The van der Waals surface area contributed by atoms with Crippen molar-refractivity contribution in [1.82, 2.24) is 10.2 Å². The summed E-state index contributed by atoms with van der Waals surface area (Å²) in [6.45, 7) is 8.66. The number of rotatable bonds is 1. The molecule has 1 amide bonds. The molecule has 2 N–H and O–H groups in total. The SMILES string of the molecule is CC(C)(C)OC(=O)N1CC2CNCC2(CO)C1. The summed E-state index contributed by atoms with van der Waals surface area (Å²) in [7, 11) is 0. The number of carbonyl (C=O) groups excluding carboxylic acids is 1. The second-order valence-electron chi connectivity index (χ2n) is 6.21. The smallest absolute Gasteiger partial charge is 0.410 e. The van der Waals surface area contributed by atoms with Crippen LogP contribution in [0.15, 0.2) is 0 Å². The van der Waals surface area contributed by atoms with Crippen LogP contribution in [0.4, 0.5) is 4.79 Å². The summed E-state index contributed by atoms with van der Waals surface area (Å²) in [6, 6.07) is 0. The zero-order valence-corrected chi connectivity index (χ0v) is 10.8. The fraction of sp³-hybridized carbons (Fsp3) is 0.917. The molecule has 2 rings (SSSR count). The Kier molecular flexibility index (Phi) is 3.08. The van der Waals surface area contributed by atoms with Crippen molar-refractivity contribution < 1.29 is 14.6 Å². The maximum atomic E-state index is 12.0. The highest BCUT2D eigenvalue weighted by atomic mass is 16.6. The van der Waals surface area contributed by atoms with Crippen LogP contribution in [0.5, 0.6) is 0 Å². The standard InChI is InChI=1S/C12H22N2O3/c1-11(2,3)17-10(16)14-5-9-4-13-6-12(9,7-14)8-15/h9,13,15H,4-8H2,1-3H3. The number of ether oxygens (including phenoxy) is 1. The molecule has 2 aliphatic heterocycles. The average molecular weight is 242 g/mol. The molecule has 98 valence electrons. The molecule has 2 heterocycles. The van der Waals surface area contributed by atoms with E-state index in [-0.39, 0.29) is 18.1 Å². The Morgan fingerprint density at radius 2 is 2.29 bits per heavy atom. The molecule has 0 radical (unpaired) electrons. The number of aliphatic hydroxyl groups is 1. The van der Waals surface area contributed by atoms with E-state index in [1.165, 1.54) is 0 Å². The number of aliphatic hydroxyl groups excluding tert-OH is 1. The minimum Gasteiger partial charge on any atom is -0.444 e. The summed E-state index contributed by atoms with van der Waals surface area (Å²) in [4.78, 5) is 13.7. The van der Waals surface area contributed by atoms with Gasteiger partial charge in [-0.25, -0.2) is 4.79 Å². The van der Waals surface area contributed by atoms with Crippen LogP contribution in [0, 0.1) is 11.3 Å². The van der Waals surface area contributed by atoms with E-state index in [1.54, 1.807) is 4.90 Å². The zero-order chi connectivity index (χ0) is 12.7. The van der Waals surface area contributed by atoms with E-state index < -0.39 is 5.60 Å². The Morgan fingerprint density at radius 3 is 2.82 bits per heavy atom. The maximum Gasteiger partial charge on any atom is 0.410 e. The number of likely N-dealkylation sites (tertiary alicyclic amines) is 1. The van der Waals surface area contributed by atoms with Crippen LogP contribution in [-0.4, -0.2) is 54.5 Å². The predicted octanol–water partition coefficient (Wildman–Crippen LogP) is 0.435. The molecule has 2 fully saturated rings. The highest BCUT2D eigenvalue weighted by Crippen LogP contribution is 2.38. The van der Waals surface area contributed by atoms with E-state index in [4.69, 9.17) is 4.74 Å². The van der Waals surface area contributed by atoms with Gasteiger partial charge in [0.25, 0.3) is 0 Å². The van der Waals surface area contributed by atoms with Gasteiger partial charge in [0.05, 0.1) is 6.61 Å². The highest BCUT2D eigenvalue weighted by molar-refractivity contribution is 5.68. The molecule has 2 unspecified atom stereocenters. The molecule has 0 aromatic heterocycles. The first-order valence-electron chi connectivity index (χ1n) is 6.16. The number of fused-ring (bicyclic) bond motifs is 1. The number of nitrogens with one attached hydrogen (secondary N) is 1. The van der Waals surface area contributed by atoms with Gasteiger partial charge in [0.1, 0.15) is 5.60 Å². The summed E-state index contributed by atoms with van der Waals surface area (Å²) < 4.78 is 5.36. The van der Waals surface area contributed by atoms with Gasteiger partial charge < -0.3 is 20.1 Å². The lowest BCUT2D eigenvalue weighted by Crippen LogP contribution is -2.40. The fourth-order valence-corrected chi connectivity index (χ4v) is 2.71. The van der Waals surface area contributed by atoms with E-state index in [2.05, 4.69) is 5.32 Å². The Labute approximate surface area is 102 Å². The number of amides is 1. The number of hydrogen-bond donors (Lipinski definition) is 2. The quantitative estimate of drug-likeness (QED) is 0.700. The summed E-state index contributed by atoms with van der Waals surface area (Å²) in [5.41, 5.74) is -0.615. The van der Waals surface area contributed by atoms with Crippen molar-refractivity contribution >= 4 is 6.09 Å². The molecule has 0 saturated carbocycles. The van der Waals surface area contributed by atoms with Crippen molar-refractivity contribution in [2.24, 2.45) is 11.3 Å². The molecule has 2 aliphatic rings. The van der Waals surface area contributed by atoms with Gasteiger partial charge in [0.15, 0.2) is 0 Å². The third-order valence-electron chi connectivity index (χ3n) is 3.65. The van der Waals surface area contributed by atoms with Crippen LogP contribution >= 0.6 is 0 Å². The van der Waals surface area contributed by atoms with E-state index in [0.29, 0.717) is 19.0 Å². The van der Waals surface area contributed by atoms with Gasteiger partial charge in [-0.1, -0.05) is 0 Å². The lowest BCUT2D eigenvalue weighted by atomic mass is 9.82. The third kappa shape index (κ3) is 2.40. The number of nitrogens with zero attached hydrogens (tertiary/aromatic N) is 1. The molecule has 0 spiro atoms. The van der Waals surface area contributed by atoms with E-state index in [9.17, 15) is 9.90 Å². The van der Waals surface area contributed by atoms with Gasteiger partial charge in [0, 0.05) is 31.6 Å². The fourth-order valence-electron chi connectivity index (χ4n) is 2.71. The van der Waals surface area contributed by atoms with Crippen molar-refractivity contribution in [2.75, 3.05) is 32.8 Å². The molecule has 5 heteroatoms. The van der Waals surface area contributed by atoms with Crippen molar-refractivity contribution in [3.8, 4) is 0 Å². The summed E-state index contributed by atoms with van der Waals surface area (Å²) in [5, 5.41) is 12.8. The van der Waals surface area contributed by atoms with Gasteiger partial charge in [0.2, 0.25) is 0 Å². The van der Waals surface area contributed by atoms with Crippen LogP contribution < -0.4 is 5.32 Å². The monoisotopic (exact) mass is 242 g/mol. The minimum absolute atomic E-state index is 0.129. The largest absolute Gasteiger partial charge is 0.444 e. The van der Waals surface area contributed by atoms with Crippen molar-refractivity contribution in [3.63, 3.8) is 0 Å². The first kappa shape index (κ1) is 12.6. The molecule has 2 saturated heterocycles. The van der Waals surface area contributed by atoms with Gasteiger partial charge >= 0.3 is 6.09 Å². The second-order valence-corrected chi connectivity index (χ2v) is 6.21. The second kappa shape index (κ2) is 4.14. The first-order valence-corrected chi connectivity index (χ1v) is 6.16. The Bertz CT molecular complexity index is 313. The predicted molar refractivity (Wildman–Crippen MR) is 63.7 cm³/mol. The summed E-state index contributed by atoms with van der Waals surface area (Å²) in [5.74, 6) is 0.347. The lowest BCUT2D eigenvalue weighted by molar-refractivity contribution is 0.0256. The van der Waals surface area contributed by atoms with Gasteiger partial charge in [-0.15, -0.1) is 0 Å². The van der Waals surface area contributed by atoms with Crippen LogP contribution in [0.3, 0.4) is 0 Å². The molecule has 2 atom stereocenters. The third-order valence-corrected chi connectivity index (χ3v) is 3.65. The van der Waals surface area contributed by atoms with E-state index >= 15 is 0 Å². The van der Waals surface area contributed by atoms with Gasteiger partial charge in [-0.05, 0) is 26.7 Å². The molecule has 17 heavy (non-hydrogen) atoms.